The van der Waals surface area contributed by atoms with Crippen molar-refractivity contribution in [1.29, 1.82) is 0 Å². The average molecular weight is 724 g/mol. The van der Waals surface area contributed by atoms with E-state index in [1.807, 2.05) is 30.3 Å². The molecule has 270 valence electrons. The van der Waals surface area contributed by atoms with Crippen molar-refractivity contribution in [3.05, 3.63) is 54.2 Å². The monoisotopic (exact) mass is 723 g/mol. The third kappa shape index (κ3) is 12.0. The standard InChI is InChI=1S/C35H49N9O4S2/c1-4-6-8-10-11-14-18-28(17-13-9-7-5-2)24-47-48-26-38-37-25-39-50(45,46)30-21-22-32-31(23-30)40-35(49-32)42-41-33-27(3)43-44(34(33)36)29-19-15-12-16-20-29/h12,15-16,19-23,25-26,28H,4-11,13-14,17-18,24,36H2,1-3H3,(H,37,39)/b38-26-,42-41?. The highest BCUT2D eigenvalue weighted by Gasteiger charge is 2.16. The Balaban J connectivity index is 1.26. The summed E-state index contributed by atoms with van der Waals surface area (Å²) in [5.74, 6) is 0.788. The predicted molar refractivity (Wildman–Crippen MR) is 201 cm³/mol. The molecule has 0 bridgehead atoms. The molecule has 0 fully saturated rings. The van der Waals surface area contributed by atoms with Crippen molar-refractivity contribution >= 4 is 61.0 Å². The van der Waals surface area contributed by atoms with Gasteiger partial charge in [-0.05, 0) is 56.0 Å². The number of rotatable bonds is 23. The topological polar surface area (TPSA) is 171 Å². The summed E-state index contributed by atoms with van der Waals surface area (Å²) < 4.78 is 31.7. The molecule has 2 aromatic carbocycles. The molecule has 2 aromatic heterocycles. The lowest BCUT2D eigenvalue weighted by molar-refractivity contribution is -0.227. The van der Waals surface area contributed by atoms with E-state index in [2.05, 4.69) is 49.1 Å². The quantitative estimate of drug-likeness (QED) is 0.0190. The second-order valence-electron chi connectivity index (χ2n) is 12.1. The second kappa shape index (κ2) is 20.5. The fourth-order valence-electron chi connectivity index (χ4n) is 5.41. The number of para-hydroxylation sites is 1. The number of azo groups is 1. The lowest BCUT2D eigenvalue weighted by atomic mass is 9.95. The van der Waals surface area contributed by atoms with E-state index in [4.69, 9.17) is 15.5 Å². The van der Waals surface area contributed by atoms with Gasteiger partial charge in [-0.3, -0.25) is 5.43 Å². The highest BCUT2D eigenvalue weighted by molar-refractivity contribution is 7.90. The third-order valence-corrected chi connectivity index (χ3v) is 10.3. The SMILES string of the molecule is CCCCCCCCC(CCCCCC)COO/C=N\NC=NS(=O)(=O)c1ccc2sc(N=Nc3c(C)nn(-c4ccccc4)c3N)nc2c1. The summed E-state index contributed by atoms with van der Waals surface area (Å²) in [5, 5.41) is 17.2. The first-order valence-electron chi connectivity index (χ1n) is 17.4. The Morgan fingerprint density at radius 2 is 1.66 bits per heavy atom. The van der Waals surface area contributed by atoms with E-state index < -0.39 is 10.0 Å². The van der Waals surface area contributed by atoms with Gasteiger partial charge in [0.25, 0.3) is 10.0 Å². The Kier molecular flexibility index (Phi) is 15.8. The van der Waals surface area contributed by atoms with E-state index in [9.17, 15) is 8.42 Å². The molecule has 15 heteroatoms. The van der Waals surface area contributed by atoms with Gasteiger partial charge in [-0.15, -0.1) is 19.7 Å². The van der Waals surface area contributed by atoms with Crippen LogP contribution >= 0.6 is 11.3 Å². The van der Waals surface area contributed by atoms with Crippen LogP contribution in [-0.2, 0) is 19.8 Å². The molecular weight excluding hydrogens is 675 g/mol. The number of anilines is 1. The fraction of sp³-hybridized carbons (Fsp3) is 0.486. The first-order valence-corrected chi connectivity index (χ1v) is 19.6. The average Bonchev–Trinajstić information content (AvgIpc) is 3.66. The molecule has 0 saturated carbocycles. The van der Waals surface area contributed by atoms with Crippen molar-refractivity contribution in [2.45, 2.75) is 103 Å². The summed E-state index contributed by atoms with van der Waals surface area (Å²) in [6, 6.07) is 14.0. The van der Waals surface area contributed by atoms with Crippen LogP contribution in [-0.4, -0.2) is 42.5 Å². The molecule has 50 heavy (non-hydrogen) atoms. The first kappa shape index (κ1) is 38.6. The molecule has 1 atom stereocenters. The number of aromatic nitrogens is 3. The molecule has 0 aliphatic rings. The van der Waals surface area contributed by atoms with E-state index in [0.717, 1.165) is 36.0 Å². The molecule has 0 saturated heterocycles. The van der Waals surface area contributed by atoms with Gasteiger partial charge in [0.05, 0.1) is 33.1 Å². The molecular formula is C35H49N9O4S2. The van der Waals surface area contributed by atoms with Crippen LogP contribution in [0.1, 0.15) is 96.6 Å². The van der Waals surface area contributed by atoms with E-state index in [-0.39, 0.29) is 4.90 Å². The van der Waals surface area contributed by atoms with Gasteiger partial charge in [0.2, 0.25) is 11.5 Å². The number of unbranched alkanes of at least 4 members (excludes halogenated alkanes) is 8. The first-order chi connectivity index (χ1) is 24.3. The summed E-state index contributed by atoms with van der Waals surface area (Å²) in [7, 11) is -4.03. The zero-order valence-electron chi connectivity index (χ0n) is 29.2. The molecule has 4 rings (SSSR count). The molecule has 0 radical (unpaired) electrons. The molecule has 0 amide bonds. The lowest BCUT2D eigenvalue weighted by Crippen LogP contribution is -2.11. The molecule has 2 heterocycles. The van der Waals surface area contributed by atoms with Crippen molar-refractivity contribution in [2.24, 2.45) is 25.6 Å². The Hall–Kier alpha value is -4.21. The number of sulfonamides is 1. The normalized spacial score (nSPS) is 12.9. The number of aryl methyl sites for hydroxylation is 1. The highest BCUT2D eigenvalue weighted by Crippen LogP contribution is 2.34. The molecule has 0 aliphatic carbocycles. The van der Waals surface area contributed by atoms with Crippen LogP contribution in [0.4, 0.5) is 16.6 Å². The molecule has 1 unspecified atom stereocenters. The predicted octanol–water partition coefficient (Wildman–Crippen LogP) is 9.32. The van der Waals surface area contributed by atoms with Crippen LogP contribution in [0.25, 0.3) is 15.9 Å². The number of hydrazone groups is 1. The van der Waals surface area contributed by atoms with Crippen LogP contribution in [0.3, 0.4) is 0 Å². The number of thiazole rings is 1. The van der Waals surface area contributed by atoms with Crippen LogP contribution in [0.5, 0.6) is 0 Å². The largest absolute Gasteiger partial charge is 0.382 e. The molecule has 3 N–H and O–H groups in total. The van der Waals surface area contributed by atoms with Gasteiger partial charge >= 0.3 is 0 Å². The summed E-state index contributed by atoms with van der Waals surface area (Å²) in [4.78, 5) is 14.9. The lowest BCUT2D eigenvalue weighted by Gasteiger charge is -2.15. The summed E-state index contributed by atoms with van der Waals surface area (Å²) in [6.45, 7) is 6.74. The molecule has 0 spiro atoms. The van der Waals surface area contributed by atoms with Gasteiger partial charge in [-0.25, -0.2) is 9.67 Å². The number of hydrogen-bond acceptors (Lipinski definition) is 11. The summed E-state index contributed by atoms with van der Waals surface area (Å²) in [5.41, 5.74) is 11.0. The van der Waals surface area contributed by atoms with Crippen molar-refractivity contribution in [3.8, 4) is 5.69 Å². The Morgan fingerprint density at radius 3 is 2.40 bits per heavy atom. The maximum Gasteiger partial charge on any atom is 0.283 e. The van der Waals surface area contributed by atoms with Gasteiger partial charge in [0.1, 0.15) is 6.34 Å². The zero-order chi connectivity index (χ0) is 35.6. The number of nitrogens with two attached hydrogens (primary N) is 1. The Bertz CT molecular complexity index is 1810. The van der Waals surface area contributed by atoms with Crippen LogP contribution in [0, 0.1) is 12.8 Å². The number of nitrogen functional groups attached to an aromatic ring is 1. The van der Waals surface area contributed by atoms with Crippen molar-refractivity contribution in [2.75, 3.05) is 12.3 Å². The number of fused-ring (bicyclic) bond motifs is 1. The Labute approximate surface area is 299 Å². The third-order valence-electron chi connectivity index (χ3n) is 8.17. The van der Waals surface area contributed by atoms with Crippen LogP contribution in [0.15, 0.2) is 73.2 Å². The van der Waals surface area contributed by atoms with Crippen molar-refractivity contribution in [3.63, 3.8) is 0 Å². The van der Waals surface area contributed by atoms with Crippen molar-refractivity contribution in [1.82, 2.24) is 20.2 Å². The van der Waals surface area contributed by atoms with E-state index in [0.29, 0.717) is 40.4 Å². The number of hydrogen-bond donors (Lipinski definition) is 2. The minimum atomic E-state index is -4.03. The van der Waals surface area contributed by atoms with E-state index >= 15 is 0 Å². The molecule has 4 aromatic rings. The smallest absolute Gasteiger partial charge is 0.283 e. The van der Waals surface area contributed by atoms with Gasteiger partial charge in [0, 0.05) is 0 Å². The summed E-state index contributed by atoms with van der Waals surface area (Å²) in [6.07, 6.45) is 16.8. The number of nitrogens with zero attached hydrogens (tertiary/aromatic N) is 7. The van der Waals surface area contributed by atoms with Gasteiger partial charge in [-0.1, -0.05) is 108 Å². The fourth-order valence-corrected chi connectivity index (χ4v) is 6.98. The molecule has 13 nitrogen and oxygen atoms in total. The van der Waals surface area contributed by atoms with Gasteiger partial charge in [0.15, 0.2) is 11.5 Å². The second-order valence-corrected chi connectivity index (χ2v) is 14.8. The van der Waals surface area contributed by atoms with E-state index in [1.54, 1.807) is 17.7 Å². The zero-order valence-corrected chi connectivity index (χ0v) is 30.8. The van der Waals surface area contributed by atoms with E-state index in [1.165, 1.54) is 87.7 Å². The minimum Gasteiger partial charge on any atom is -0.382 e. The summed E-state index contributed by atoms with van der Waals surface area (Å²) >= 11 is 1.27. The maximum absolute atomic E-state index is 12.8. The number of benzene rings is 2. The van der Waals surface area contributed by atoms with Crippen LogP contribution < -0.4 is 11.2 Å². The van der Waals surface area contributed by atoms with Crippen LogP contribution in [0.2, 0.25) is 0 Å². The van der Waals surface area contributed by atoms with Crippen molar-refractivity contribution < 1.29 is 18.2 Å². The number of nitrogens with one attached hydrogen (secondary N) is 1. The van der Waals surface area contributed by atoms with Gasteiger partial charge < -0.3 is 10.6 Å². The van der Waals surface area contributed by atoms with Gasteiger partial charge in [-0.2, -0.15) is 18.4 Å². The Morgan fingerprint density at radius 1 is 0.960 bits per heavy atom. The highest BCUT2D eigenvalue weighted by atomic mass is 32.2. The molecule has 0 aliphatic heterocycles. The minimum absolute atomic E-state index is 0.0278. The maximum atomic E-state index is 12.8.